The second-order valence-corrected chi connectivity index (χ2v) is 35.1. The van der Waals surface area contributed by atoms with Gasteiger partial charge in [0, 0.05) is 12.6 Å². The van der Waals surface area contributed by atoms with Crippen LogP contribution in [0.25, 0.3) is 0 Å². The average Bonchev–Trinajstić information content (AvgIpc) is 3.37. The molecular weight excluding hydrogens is 717 g/mol. The van der Waals surface area contributed by atoms with E-state index < -0.39 is 64.8 Å². The lowest BCUT2D eigenvalue weighted by molar-refractivity contribution is -0.0703. The summed E-state index contributed by atoms with van der Waals surface area (Å²) in [5.74, 6) is 0. The molecule has 296 valence electrons. The van der Waals surface area contributed by atoms with E-state index in [2.05, 4.69) is 121 Å². The van der Waals surface area contributed by atoms with Crippen LogP contribution in [0, 0.1) is 0 Å². The van der Waals surface area contributed by atoms with E-state index in [9.17, 15) is 15.3 Å². The molecule has 15 heteroatoms. The summed E-state index contributed by atoms with van der Waals surface area (Å²) < 4.78 is 41.4. The number of hydrogen-bond acceptors (Lipinski definition) is 11. The van der Waals surface area contributed by atoms with Crippen LogP contribution in [0.5, 0.6) is 0 Å². The zero-order valence-electron chi connectivity index (χ0n) is 34.5. The lowest BCUT2D eigenvalue weighted by Crippen LogP contribution is -2.59. The molecule has 11 nitrogen and oxygen atoms in total. The van der Waals surface area contributed by atoms with Gasteiger partial charge in [-0.2, -0.15) is 0 Å². The molecule has 0 radical (unpaired) electrons. The summed E-state index contributed by atoms with van der Waals surface area (Å²) in [4.78, 5) is 9.08. The summed E-state index contributed by atoms with van der Waals surface area (Å²) in [6.45, 7) is 34.8. The molecule has 0 amide bonds. The third kappa shape index (κ3) is 9.02. The molecule has 2 aliphatic rings. The fraction of sp³-hybridized carbons (Fsp3) is 0.889. The summed E-state index contributed by atoms with van der Waals surface area (Å²) in [7, 11) is -11.2. The summed E-state index contributed by atoms with van der Waals surface area (Å²) in [5, 5.41) is 34.7. The standard InChI is InChI=1S/C36H72N2O9Si4/c1-22(2)48(23(3)4)42-20-33(44-50(46-48,26(9)10)27(11)12)32(39)17-30-18-38-31(19-37-30)35(40)36(41)34-21-43-49(24(5)6,25(7)8)47-51(45-34,28(13)14)29(15)16/h18-19,22-29,32-36,39-41H,17,20-21H2,1-16H3/t32-,33+,34+,35+,36+/m0/s1. The monoisotopic (exact) mass is 788 g/mol. The number of aromatic nitrogens is 2. The summed E-state index contributed by atoms with van der Waals surface area (Å²) in [5.41, 5.74) is 2.03. The summed E-state index contributed by atoms with van der Waals surface area (Å²) in [6.07, 6.45) is -1.80. The largest absolute Gasteiger partial charge is 0.414 e. The van der Waals surface area contributed by atoms with Crippen LogP contribution in [0.15, 0.2) is 12.4 Å². The van der Waals surface area contributed by atoms with Gasteiger partial charge in [0.05, 0.1) is 49.1 Å². The van der Waals surface area contributed by atoms with Crippen LogP contribution in [-0.2, 0) is 32.4 Å². The molecule has 2 fully saturated rings. The Hall–Kier alpha value is -0.412. The molecule has 1 aromatic rings. The van der Waals surface area contributed by atoms with E-state index in [0.29, 0.717) is 5.69 Å². The van der Waals surface area contributed by atoms with Gasteiger partial charge in [-0.25, -0.2) is 0 Å². The van der Waals surface area contributed by atoms with E-state index in [-0.39, 0.29) is 69.7 Å². The molecule has 0 spiro atoms. The number of nitrogens with zero attached hydrogens (tertiary/aromatic N) is 2. The topological polar surface area (TPSA) is 142 Å². The first-order valence-corrected chi connectivity index (χ1v) is 27.3. The third-order valence-electron chi connectivity index (χ3n) is 11.3. The first kappa shape index (κ1) is 45.0. The zero-order valence-corrected chi connectivity index (χ0v) is 38.5. The Labute approximate surface area is 313 Å². The maximum absolute atomic E-state index is 11.6. The Morgan fingerprint density at radius 2 is 0.922 bits per heavy atom. The van der Waals surface area contributed by atoms with Crippen molar-refractivity contribution in [3.05, 3.63) is 23.8 Å². The van der Waals surface area contributed by atoms with Crippen LogP contribution < -0.4 is 0 Å². The van der Waals surface area contributed by atoms with E-state index in [1.807, 2.05) is 0 Å². The first-order valence-electron chi connectivity index (χ1n) is 19.4. The molecule has 2 aliphatic heterocycles. The Balaban J connectivity index is 1.84. The SMILES string of the molecule is CC(C)[Si]1(C(C)C)OC[C@H]([C@@H](O)[C@H](O)c2cnc(C[C@H](O)[C@H]3CO[Si](C(C)C)(C(C)C)O[Si](C(C)C)(C(C)C)O3)cn2)O[Si](C(C)C)(C(C)C)O1. The van der Waals surface area contributed by atoms with Crippen LogP contribution in [-0.4, -0.2) is 97.2 Å². The van der Waals surface area contributed by atoms with Crippen molar-refractivity contribution in [2.45, 2.75) is 192 Å². The van der Waals surface area contributed by atoms with E-state index in [1.54, 1.807) is 6.20 Å². The van der Waals surface area contributed by atoms with Crippen LogP contribution in [0.1, 0.15) is 128 Å². The lowest BCUT2D eigenvalue weighted by atomic mass is 10.1. The molecule has 3 rings (SSSR count). The molecule has 3 N–H and O–H groups in total. The van der Waals surface area contributed by atoms with Crippen molar-refractivity contribution in [1.82, 2.24) is 9.97 Å². The molecule has 0 aliphatic carbocycles. The van der Waals surface area contributed by atoms with Crippen molar-refractivity contribution in [2.24, 2.45) is 0 Å². The van der Waals surface area contributed by atoms with E-state index >= 15 is 0 Å². The predicted molar refractivity (Wildman–Crippen MR) is 210 cm³/mol. The van der Waals surface area contributed by atoms with E-state index in [0.717, 1.165) is 0 Å². The highest BCUT2D eigenvalue weighted by Gasteiger charge is 2.61. The molecule has 2 saturated heterocycles. The van der Waals surface area contributed by atoms with Crippen molar-refractivity contribution in [1.29, 1.82) is 0 Å². The zero-order chi connectivity index (χ0) is 38.9. The van der Waals surface area contributed by atoms with E-state index in [1.165, 1.54) is 6.20 Å². The van der Waals surface area contributed by atoms with Gasteiger partial charge in [0.25, 0.3) is 0 Å². The minimum absolute atomic E-state index is 0.0961. The molecule has 0 unspecified atom stereocenters. The second kappa shape index (κ2) is 17.6. The quantitative estimate of drug-likeness (QED) is 0.160. The Morgan fingerprint density at radius 3 is 1.27 bits per heavy atom. The molecule has 3 heterocycles. The predicted octanol–water partition coefficient (Wildman–Crippen LogP) is 7.69. The van der Waals surface area contributed by atoms with Gasteiger partial charge >= 0.3 is 34.2 Å². The summed E-state index contributed by atoms with van der Waals surface area (Å²) in [6, 6.07) is 0. The van der Waals surface area contributed by atoms with Gasteiger partial charge in [-0.05, 0) is 44.3 Å². The van der Waals surface area contributed by atoms with Gasteiger partial charge in [-0.15, -0.1) is 0 Å². The molecular formula is C36H72N2O9Si4. The van der Waals surface area contributed by atoms with E-state index in [4.69, 9.17) is 25.9 Å². The number of aliphatic hydroxyl groups is 3. The highest BCUT2D eigenvalue weighted by Crippen LogP contribution is 2.48. The number of aliphatic hydroxyl groups excluding tert-OH is 3. The Morgan fingerprint density at radius 1 is 0.549 bits per heavy atom. The molecule has 0 saturated carbocycles. The first-order chi connectivity index (χ1) is 23.5. The van der Waals surface area contributed by atoms with Crippen molar-refractivity contribution in [3.8, 4) is 0 Å². The van der Waals surface area contributed by atoms with Crippen LogP contribution in [0.4, 0.5) is 0 Å². The van der Waals surface area contributed by atoms with Crippen LogP contribution in [0.3, 0.4) is 0 Å². The molecule has 0 bridgehead atoms. The van der Waals surface area contributed by atoms with Gasteiger partial charge in [-0.1, -0.05) is 111 Å². The van der Waals surface area contributed by atoms with Crippen molar-refractivity contribution >= 4 is 34.2 Å². The van der Waals surface area contributed by atoms with Crippen molar-refractivity contribution in [3.63, 3.8) is 0 Å². The highest BCUT2D eigenvalue weighted by molar-refractivity contribution is 6.84. The molecule has 5 atom stereocenters. The maximum Gasteiger partial charge on any atom is 0.335 e. The lowest BCUT2D eigenvalue weighted by Gasteiger charge is -2.46. The number of rotatable bonds is 14. The fourth-order valence-corrected chi connectivity index (χ4v) is 30.5. The smallest absolute Gasteiger partial charge is 0.335 e. The second-order valence-electron chi connectivity index (χ2n) is 17.4. The van der Waals surface area contributed by atoms with Gasteiger partial charge in [0.15, 0.2) is 0 Å². The van der Waals surface area contributed by atoms with Crippen LogP contribution in [0.2, 0.25) is 44.3 Å². The molecule has 0 aromatic carbocycles. The number of hydrogen-bond donors (Lipinski definition) is 3. The highest BCUT2D eigenvalue weighted by atomic mass is 28.5. The minimum Gasteiger partial charge on any atom is -0.414 e. The minimum atomic E-state index is -2.94. The summed E-state index contributed by atoms with van der Waals surface area (Å²) >= 11 is 0. The maximum atomic E-state index is 11.6. The van der Waals surface area contributed by atoms with Gasteiger partial charge in [0.1, 0.15) is 12.2 Å². The average molecular weight is 789 g/mol. The van der Waals surface area contributed by atoms with Crippen molar-refractivity contribution in [2.75, 3.05) is 13.2 Å². The Kier molecular flexibility index (Phi) is 15.5. The normalized spacial score (nSPS) is 25.6. The van der Waals surface area contributed by atoms with Gasteiger partial charge in [-0.3, -0.25) is 9.97 Å². The van der Waals surface area contributed by atoms with Crippen molar-refractivity contribution < 1.29 is 41.3 Å². The molecule has 51 heavy (non-hydrogen) atoms. The van der Waals surface area contributed by atoms with Gasteiger partial charge < -0.3 is 41.3 Å². The fourth-order valence-electron chi connectivity index (χ4n) is 8.10. The van der Waals surface area contributed by atoms with Crippen LogP contribution >= 0.6 is 0 Å². The molecule has 1 aromatic heterocycles. The van der Waals surface area contributed by atoms with Gasteiger partial charge in [0.2, 0.25) is 0 Å². The third-order valence-corrected chi connectivity index (χ3v) is 31.8. The Bertz CT molecular complexity index is 1200.